The molecule has 0 saturated carbocycles. The van der Waals surface area contributed by atoms with Crippen molar-refractivity contribution in [1.82, 2.24) is 9.97 Å². The Labute approximate surface area is 86.6 Å². The first-order valence-electron chi connectivity index (χ1n) is 4.34. The summed E-state index contributed by atoms with van der Waals surface area (Å²) in [5.74, 6) is 0.495. The van der Waals surface area contributed by atoms with Gasteiger partial charge >= 0.3 is 0 Å². The molecule has 0 aliphatic carbocycles. The third kappa shape index (κ3) is 2.75. The number of nitrogens with one attached hydrogen (secondary N) is 1. The van der Waals surface area contributed by atoms with Crippen LogP contribution in [0.1, 0.15) is 0 Å². The number of rotatable bonds is 5. The van der Waals surface area contributed by atoms with Crippen molar-refractivity contribution in [3.05, 3.63) is 12.4 Å². The molecule has 84 valence electrons. The Balaban J connectivity index is 2.82. The molecule has 0 radical (unpaired) electrons. The van der Waals surface area contributed by atoms with Crippen molar-refractivity contribution in [1.29, 1.82) is 0 Å². The number of nitrogen functional groups attached to an aromatic ring is 1. The summed E-state index contributed by atoms with van der Waals surface area (Å²) in [5, 5.41) is 29.8. The Morgan fingerprint density at radius 2 is 1.80 bits per heavy atom. The number of aliphatic hydroxyl groups excluding tert-OH is 3. The van der Waals surface area contributed by atoms with Crippen molar-refractivity contribution in [2.45, 2.75) is 5.54 Å². The Morgan fingerprint density at radius 1 is 1.20 bits per heavy atom. The lowest BCUT2D eigenvalue weighted by Gasteiger charge is -2.28. The van der Waals surface area contributed by atoms with Crippen LogP contribution in [0.25, 0.3) is 0 Å². The molecule has 1 rings (SSSR count). The molecule has 1 aromatic heterocycles. The molecule has 0 aliphatic rings. The Hall–Kier alpha value is -1.44. The highest BCUT2D eigenvalue weighted by atomic mass is 16.3. The van der Waals surface area contributed by atoms with Gasteiger partial charge in [0, 0.05) is 0 Å². The van der Waals surface area contributed by atoms with Crippen LogP contribution >= 0.6 is 0 Å². The van der Waals surface area contributed by atoms with E-state index in [0.29, 0.717) is 0 Å². The molecule has 6 N–H and O–H groups in total. The van der Waals surface area contributed by atoms with Gasteiger partial charge in [0.25, 0.3) is 0 Å². The van der Waals surface area contributed by atoms with E-state index < -0.39 is 25.4 Å². The lowest BCUT2D eigenvalue weighted by Crippen LogP contribution is -2.49. The van der Waals surface area contributed by atoms with Crippen LogP contribution < -0.4 is 11.1 Å². The van der Waals surface area contributed by atoms with Crippen LogP contribution in [-0.4, -0.2) is 50.6 Å². The molecule has 7 nitrogen and oxygen atoms in total. The number of anilines is 2. The van der Waals surface area contributed by atoms with Crippen molar-refractivity contribution < 1.29 is 15.3 Å². The van der Waals surface area contributed by atoms with Gasteiger partial charge < -0.3 is 26.4 Å². The van der Waals surface area contributed by atoms with Crippen molar-refractivity contribution >= 4 is 11.6 Å². The minimum Gasteiger partial charge on any atom is -0.394 e. The average Bonchev–Trinajstić information content (AvgIpc) is 2.26. The molecule has 0 atom stereocenters. The maximum Gasteiger partial charge on any atom is 0.147 e. The third-order valence-corrected chi connectivity index (χ3v) is 1.95. The molecule has 0 bridgehead atoms. The monoisotopic (exact) mass is 214 g/mol. The van der Waals surface area contributed by atoms with Crippen molar-refractivity contribution in [3.8, 4) is 0 Å². The summed E-state index contributed by atoms with van der Waals surface area (Å²) in [5.41, 5.74) is 4.18. The Bertz CT molecular complexity index is 308. The molecular weight excluding hydrogens is 200 g/mol. The van der Waals surface area contributed by atoms with E-state index >= 15 is 0 Å². The van der Waals surface area contributed by atoms with Crippen LogP contribution in [0.5, 0.6) is 0 Å². The molecule has 0 amide bonds. The van der Waals surface area contributed by atoms with E-state index in [-0.39, 0.29) is 11.6 Å². The third-order valence-electron chi connectivity index (χ3n) is 1.95. The largest absolute Gasteiger partial charge is 0.394 e. The van der Waals surface area contributed by atoms with Gasteiger partial charge in [0.2, 0.25) is 0 Å². The molecule has 1 aromatic rings. The lowest BCUT2D eigenvalue weighted by molar-refractivity contribution is 0.0831. The first-order chi connectivity index (χ1) is 7.15. The van der Waals surface area contributed by atoms with Crippen LogP contribution in [0, 0.1) is 0 Å². The summed E-state index contributed by atoms with van der Waals surface area (Å²) in [6.45, 7) is -1.30. The van der Waals surface area contributed by atoms with Gasteiger partial charge in [-0.05, 0) is 0 Å². The number of aliphatic hydroxyl groups is 3. The number of hydrogen-bond acceptors (Lipinski definition) is 7. The molecule has 15 heavy (non-hydrogen) atoms. The zero-order chi connectivity index (χ0) is 11.3. The minimum atomic E-state index is -1.22. The molecule has 1 heterocycles. The van der Waals surface area contributed by atoms with E-state index in [1.807, 2.05) is 0 Å². The first kappa shape index (κ1) is 11.6. The fourth-order valence-corrected chi connectivity index (χ4v) is 0.982. The van der Waals surface area contributed by atoms with Gasteiger partial charge in [0.05, 0.1) is 32.2 Å². The highest BCUT2D eigenvalue weighted by Crippen LogP contribution is 2.12. The second-order valence-electron chi connectivity index (χ2n) is 3.21. The highest BCUT2D eigenvalue weighted by molar-refractivity contribution is 5.41. The summed E-state index contributed by atoms with van der Waals surface area (Å²) >= 11 is 0. The smallest absolute Gasteiger partial charge is 0.147 e. The van der Waals surface area contributed by atoms with E-state index in [2.05, 4.69) is 15.3 Å². The standard InChI is InChI=1S/C8H14N4O3/c9-6-1-10-2-7(11-6)12-8(3-13,4-14)5-15/h1-2,13-15H,3-5H2,(H3,9,11,12). The van der Waals surface area contributed by atoms with E-state index in [4.69, 9.17) is 21.1 Å². The van der Waals surface area contributed by atoms with Crippen molar-refractivity contribution in [2.24, 2.45) is 0 Å². The Kier molecular flexibility index (Phi) is 3.78. The van der Waals surface area contributed by atoms with Gasteiger partial charge in [-0.15, -0.1) is 0 Å². The number of nitrogens with zero attached hydrogens (tertiary/aromatic N) is 2. The van der Waals surface area contributed by atoms with E-state index in [1.165, 1.54) is 12.4 Å². The van der Waals surface area contributed by atoms with E-state index in [0.717, 1.165) is 0 Å². The predicted octanol–water partition coefficient (Wildman–Crippen LogP) is -1.81. The Morgan fingerprint density at radius 3 is 2.27 bits per heavy atom. The van der Waals surface area contributed by atoms with Crippen molar-refractivity contribution in [2.75, 3.05) is 30.9 Å². The van der Waals surface area contributed by atoms with Gasteiger partial charge in [-0.2, -0.15) is 0 Å². The summed E-state index contributed by atoms with van der Waals surface area (Å²) < 4.78 is 0. The molecule has 0 aliphatic heterocycles. The van der Waals surface area contributed by atoms with E-state index in [1.54, 1.807) is 0 Å². The molecule has 0 unspecified atom stereocenters. The predicted molar refractivity (Wildman–Crippen MR) is 54.1 cm³/mol. The van der Waals surface area contributed by atoms with Crippen LogP contribution in [0.15, 0.2) is 12.4 Å². The van der Waals surface area contributed by atoms with Gasteiger partial charge in [-0.25, -0.2) is 4.98 Å². The van der Waals surface area contributed by atoms with Crippen LogP contribution in [0.3, 0.4) is 0 Å². The maximum atomic E-state index is 9.05. The molecule has 0 saturated heterocycles. The summed E-state index contributed by atoms with van der Waals surface area (Å²) in [6.07, 6.45) is 2.75. The van der Waals surface area contributed by atoms with Crippen molar-refractivity contribution in [3.63, 3.8) is 0 Å². The highest BCUT2D eigenvalue weighted by Gasteiger charge is 2.28. The van der Waals surface area contributed by atoms with Crippen LogP contribution in [0.2, 0.25) is 0 Å². The van der Waals surface area contributed by atoms with Gasteiger partial charge in [0.15, 0.2) is 0 Å². The second-order valence-corrected chi connectivity index (χ2v) is 3.21. The average molecular weight is 214 g/mol. The van der Waals surface area contributed by atoms with E-state index in [9.17, 15) is 0 Å². The molecule has 0 spiro atoms. The quantitative estimate of drug-likeness (QED) is 0.391. The minimum absolute atomic E-state index is 0.211. The second kappa shape index (κ2) is 4.87. The zero-order valence-electron chi connectivity index (χ0n) is 8.09. The number of hydrogen-bond donors (Lipinski definition) is 5. The molecular formula is C8H14N4O3. The molecule has 0 aromatic carbocycles. The number of aromatic nitrogens is 2. The van der Waals surface area contributed by atoms with Crippen LogP contribution in [-0.2, 0) is 0 Å². The molecule has 7 heteroatoms. The zero-order valence-corrected chi connectivity index (χ0v) is 8.09. The van der Waals surface area contributed by atoms with Gasteiger partial charge in [-0.3, -0.25) is 4.98 Å². The topological polar surface area (TPSA) is 125 Å². The first-order valence-corrected chi connectivity index (χ1v) is 4.34. The van der Waals surface area contributed by atoms with Crippen LogP contribution in [0.4, 0.5) is 11.6 Å². The fourth-order valence-electron chi connectivity index (χ4n) is 0.982. The summed E-state index contributed by atoms with van der Waals surface area (Å²) in [4.78, 5) is 7.65. The summed E-state index contributed by atoms with van der Waals surface area (Å²) in [7, 11) is 0. The lowest BCUT2D eigenvalue weighted by atomic mass is 10.0. The summed E-state index contributed by atoms with van der Waals surface area (Å²) in [6, 6.07) is 0. The fraction of sp³-hybridized carbons (Fsp3) is 0.500. The normalized spacial score (nSPS) is 11.4. The molecule has 0 fully saturated rings. The van der Waals surface area contributed by atoms with Gasteiger partial charge in [0.1, 0.15) is 17.2 Å². The SMILES string of the molecule is Nc1cncc(NC(CO)(CO)CO)n1. The number of nitrogens with two attached hydrogens (primary N) is 1. The van der Waals surface area contributed by atoms with Gasteiger partial charge in [-0.1, -0.05) is 0 Å². The maximum absolute atomic E-state index is 9.05.